The van der Waals surface area contributed by atoms with Crippen molar-refractivity contribution >= 4 is 17.2 Å². The predicted octanol–water partition coefficient (Wildman–Crippen LogP) is 4.74. The van der Waals surface area contributed by atoms with Gasteiger partial charge in [-0.1, -0.05) is 13.8 Å². The molecule has 24 heavy (non-hydrogen) atoms. The van der Waals surface area contributed by atoms with E-state index in [2.05, 4.69) is 24.1 Å². The monoisotopic (exact) mass is 348 g/mol. The molecule has 1 atom stereocenters. The van der Waals surface area contributed by atoms with Gasteiger partial charge in [-0.2, -0.15) is 0 Å². The lowest BCUT2D eigenvalue weighted by Crippen LogP contribution is -2.33. The fraction of sp³-hybridized carbons (Fsp3) is 0.474. The highest BCUT2D eigenvalue weighted by molar-refractivity contribution is 7.12. The van der Waals surface area contributed by atoms with Crippen LogP contribution < -0.4 is 5.32 Å². The molecule has 0 bridgehead atoms. The molecule has 0 saturated heterocycles. The molecule has 0 aliphatic rings. The van der Waals surface area contributed by atoms with E-state index in [-0.39, 0.29) is 17.8 Å². The number of nitrogens with zero attached hydrogens (tertiary/aromatic N) is 1. The minimum Gasteiger partial charge on any atom is -0.353 e. The number of rotatable bonds is 7. The summed E-state index contributed by atoms with van der Waals surface area (Å²) in [5.41, 5.74) is 1.62. The van der Waals surface area contributed by atoms with Gasteiger partial charge in [0.05, 0.1) is 17.1 Å². The minimum atomic E-state index is -0.274. The number of carbonyl (C=O) groups is 1. The second kappa shape index (κ2) is 8.38. The van der Waals surface area contributed by atoms with Gasteiger partial charge in [0.2, 0.25) is 5.91 Å². The molecule has 0 fully saturated rings. The first-order chi connectivity index (χ1) is 11.3. The summed E-state index contributed by atoms with van der Waals surface area (Å²) in [5, 5.41) is 3.97. The molecule has 1 heterocycles. The van der Waals surface area contributed by atoms with Gasteiger partial charge in [0.25, 0.3) is 0 Å². The number of hydrogen-bond acceptors (Lipinski definition) is 3. The molecule has 0 spiro atoms. The van der Waals surface area contributed by atoms with Gasteiger partial charge in [-0.25, -0.2) is 9.37 Å². The Balaban J connectivity index is 2.04. The molecule has 0 aliphatic carbocycles. The molecular weight excluding hydrogens is 323 g/mol. The van der Waals surface area contributed by atoms with E-state index in [1.807, 2.05) is 13.8 Å². The van der Waals surface area contributed by atoms with Gasteiger partial charge in [0, 0.05) is 16.5 Å². The maximum atomic E-state index is 13.1. The highest BCUT2D eigenvalue weighted by Gasteiger charge is 2.16. The number of thiazole rings is 1. The van der Waals surface area contributed by atoms with Crippen molar-refractivity contribution in [2.45, 2.75) is 53.0 Å². The normalized spacial score (nSPS) is 12.4. The molecule has 1 N–H and O–H groups in total. The number of benzene rings is 1. The Bertz CT molecular complexity index is 679. The molecule has 0 radical (unpaired) electrons. The van der Waals surface area contributed by atoms with Gasteiger partial charge in [-0.15, -0.1) is 11.3 Å². The lowest BCUT2D eigenvalue weighted by Gasteiger charge is -2.15. The Morgan fingerprint density at radius 3 is 2.50 bits per heavy atom. The molecule has 1 aromatic heterocycles. The Hall–Kier alpha value is -1.75. The molecule has 5 heteroatoms. The van der Waals surface area contributed by atoms with E-state index in [9.17, 15) is 9.18 Å². The van der Waals surface area contributed by atoms with Crippen LogP contribution in [0, 0.1) is 18.7 Å². The van der Waals surface area contributed by atoms with E-state index in [0.29, 0.717) is 12.3 Å². The van der Waals surface area contributed by atoms with Crippen molar-refractivity contribution in [2.75, 3.05) is 0 Å². The zero-order valence-corrected chi connectivity index (χ0v) is 15.5. The fourth-order valence-corrected chi connectivity index (χ4v) is 3.51. The Kier molecular flexibility index (Phi) is 6.49. The van der Waals surface area contributed by atoms with Crippen molar-refractivity contribution in [1.29, 1.82) is 0 Å². The number of carbonyl (C=O) groups excluding carboxylic acids is 1. The van der Waals surface area contributed by atoms with Gasteiger partial charge in [0.1, 0.15) is 5.82 Å². The van der Waals surface area contributed by atoms with Crippen molar-refractivity contribution in [3.05, 3.63) is 40.0 Å². The molecule has 0 unspecified atom stereocenters. The largest absolute Gasteiger partial charge is 0.353 e. The second-order valence-electron chi connectivity index (χ2n) is 6.63. The van der Waals surface area contributed by atoms with Crippen LogP contribution >= 0.6 is 11.3 Å². The van der Waals surface area contributed by atoms with Crippen LogP contribution in [0.25, 0.3) is 11.3 Å². The van der Waals surface area contributed by atoms with Gasteiger partial charge >= 0.3 is 0 Å². The average molecular weight is 348 g/mol. The van der Waals surface area contributed by atoms with E-state index in [1.165, 1.54) is 23.5 Å². The lowest BCUT2D eigenvalue weighted by molar-refractivity contribution is -0.121. The quantitative estimate of drug-likeness (QED) is 0.785. The summed E-state index contributed by atoms with van der Waals surface area (Å²) in [5.74, 6) is 0.376. The number of aryl methyl sites for hydroxylation is 1. The number of amides is 1. The Morgan fingerprint density at radius 2 is 1.88 bits per heavy atom. The predicted molar refractivity (Wildman–Crippen MR) is 97.6 cm³/mol. The smallest absolute Gasteiger partial charge is 0.225 e. The lowest BCUT2D eigenvalue weighted by atomic mass is 10.0. The zero-order valence-electron chi connectivity index (χ0n) is 14.7. The summed E-state index contributed by atoms with van der Waals surface area (Å²) in [4.78, 5) is 17.8. The number of hydrogen-bond donors (Lipinski definition) is 1. The first kappa shape index (κ1) is 18.6. The van der Waals surface area contributed by atoms with E-state index in [1.54, 1.807) is 12.1 Å². The summed E-state index contributed by atoms with van der Waals surface area (Å²) < 4.78 is 13.1. The van der Waals surface area contributed by atoms with Gasteiger partial charge in [0.15, 0.2) is 0 Å². The first-order valence-electron chi connectivity index (χ1n) is 8.36. The summed E-state index contributed by atoms with van der Waals surface area (Å²) in [6.07, 6.45) is 2.39. The van der Waals surface area contributed by atoms with Crippen LogP contribution in [-0.2, 0) is 11.2 Å². The highest BCUT2D eigenvalue weighted by Crippen LogP contribution is 2.28. The van der Waals surface area contributed by atoms with Gasteiger partial charge in [-0.05, 0) is 56.9 Å². The van der Waals surface area contributed by atoms with E-state index in [0.717, 1.165) is 34.0 Å². The Morgan fingerprint density at radius 1 is 1.21 bits per heavy atom. The number of halogens is 1. The second-order valence-corrected chi connectivity index (χ2v) is 7.92. The SMILES string of the molecule is Cc1nc(-c2ccc(F)cc2)c(CC(=O)N[C@@H](C)CCC(C)C)s1. The van der Waals surface area contributed by atoms with Gasteiger partial charge in [-0.3, -0.25) is 4.79 Å². The van der Waals surface area contributed by atoms with Crippen LogP contribution in [0.3, 0.4) is 0 Å². The third kappa shape index (κ3) is 5.41. The maximum Gasteiger partial charge on any atom is 0.225 e. The molecule has 2 aromatic rings. The molecule has 1 aromatic carbocycles. The van der Waals surface area contributed by atoms with Crippen molar-refractivity contribution in [1.82, 2.24) is 10.3 Å². The van der Waals surface area contributed by atoms with Crippen LogP contribution in [0.5, 0.6) is 0 Å². The van der Waals surface area contributed by atoms with E-state index in [4.69, 9.17) is 0 Å². The summed E-state index contributed by atoms with van der Waals surface area (Å²) >= 11 is 1.52. The zero-order chi connectivity index (χ0) is 17.7. The standard InChI is InChI=1S/C19H25FN2OS/c1-12(2)5-6-13(3)21-18(23)11-17-19(22-14(4)24-17)15-7-9-16(20)10-8-15/h7-10,12-13H,5-6,11H2,1-4H3,(H,21,23)/t13-/m0/s1. The van der Waals surface area contributed by atoms with Crippen LogP contribution in [0.2, 0.25) is 0 Å². The summed E-state index contributed by atoms with van der Waals surface area (Å²) in [6.45, 7) is 8.33. The van der Waals surface area contributed by atoms with Crippen molar-refractivity contribution in [3.8, 4) is 11.3 Å². The molecule has 0 saturated carbocycles. The highest BCUT2D eigenvalue weighted by atomic mass is 32.1. The number of aromatic nitrogens is 1. The van der Waals surface area contributed by atoms with Crippen molar-refractivity contribution in [3.63, 3.8) is 0 Å². The summed E-state index contributed by atoms with van der Waals surface area (Å²) in [6, 6.07) is 6.42. The van der Waals surface area contributed by atoms with E-state index >= 15 is 0 Å². The molecule has 1 amide bonds. The van der Waals surface area contributed by atoms with Gasteiger partial charge < -0.3 is 5.32 Å². The summed E-state index contributed by atoms with van der Waals surface area (Å²) in [7, 11) is 0. The molecule has 130 valence electrons. The molecule has 0 aliphatic heterocycles. The molecule has 3 nitrogen and oxygen atoms in total. The van der Waals surface area contributed by atoms with E-state index < -0.39 is 0 Å². The minimum absolute atomic E-state index is 0.0123. The molecule has 2 rings (SSSR count). The van der Waals surface area contributed by atoms with Crippen LogP contribution in [0.15, 0.2) is 24.3 Å². The third-order valence-electron chi connectivity index (χ3n) is 3.83. The maximum absolute atomic E-state index is 13.1. The molecular formula is C19H25FN2OS. The third-order valence-corrected chi connectivity index (χ3v) is 4.80. The van der Waals surface area contributed by atoms with Crippen molar-refractivity contribution < 1.29 is 9.18 Å². The van der Waals surface area contributed by atoms with Crippen molar-refractivity contribution in [2.24, 2.45) is 5.92 Å². The van der Waals surface area contributed by atoms with Crippen LogP contribution in [0.4, 0.5) is 4.39 Å². The first-order valence-corrected chi connectivity index (χ1v) is 9.18. The van der Waals surface area contributed by atoms with Crippen LogP contribution in [-0.4, -0.2) is 16.9 Å². The Labute approximate surface area is 147 Å². The number of nitrogens with one attached hydrogen (secondary N) is 1. The fourth-order valence-electron chi connectivity index (χ4n) is 2.55. The topological polar surface area (TPSA) is 42.0 Å². The average Bonchev–Trinajstić information content (AvgIpc) is 2.86. The van der Waals surface area contributed by atoms with Crippen LogP contribution in [0.1, 0.15) is 43.5 Å².